The Balaban J connectivity index is 3.00. The fourth-order valence-corrected chi connectivity index (χ4v) is 3.56. The molecular formula is C10H12ClF2Si. The van der Waals surface area contributed by atoms with E-state index in [0.717, 1.165) is 11.6 Å². The lowest BCUT2D eigenvalue weighted by Gasteiger charge is -2.17. The van der Waals surface area contributed by atoms with Crippen molar-refractivity contribution >= 4 is 20.4 Å². The summed E-state index contributed by atoms with van der Waals surface area (Å²) in [5, 5.41) is 0. The summed E-state index contributed by atoms with van der Waals surface area (Å²) in [7, 11) is -0.626. The molecule has 0 spiro atoms. The topological polar surface area (TPSA) is 0 Å². The molecule has 1 atom stereocenters. The highest BCUT2D eigenvalue weighted by molar-refractivity contribution is 6.58. The van der Waals surface area contributed by atoms with Crippen molar-refractivity contribution < 1.29 is 8.78 Å². The molecule has 0 aliphatic rings. The molecule has 0 amide bonds. The number of halogens is 3. The maximum atomic E-state index is 12.9. The smallest absolute Gasteiger partial charge is 0.159 e. The minimum absolute atomic E-state index is 0.178. The van der Waals surface area contributed by atoms with E-state index in [2.05, 4.69) is 13.1 Å². The molecule has 4 heteroatoms. The van der Waals surface area contributed by atoms with E-state index < -0.39 is 20.4 Å². The Morgan fingerprint density at radius 1 is 1.29 bits per heavy atom. The van der Waals surface area contributed by atoms with E-state index >= 15 is 0 Å². The molecule has 0 aliphatic carbocycles. The third-order valence-corrected chi connectivity index (χ3v) is 4.70. The lowest BCUT2D eigenvalue weighted by atomic mass is 10.1. The molecule has 77 valence electrons. The molecule has 0 nitrogen and oxygen atoms in total. The van der Waals surface area contributed by atoms with Crippen LogP contribution in [0.3, 0.4) is 0 Å². The van der Waals surface area contributed by atoms with Crippen LogP contribution in [-0.2, 0) is 0 Å². The Kier molecular flexibility index (Phi) is 4.07. The summed E-state index contributed by atoms with van der Waals surface area (Å²) in [6, 6.07) is 4.03. The van der Waals surface area contributed by atoms with Crippen molar-refractivity contribution in [1.82, 2.24) is 0 Å². The van der Waals surface area contributed by atoms with E-state index in [-0.39, 0.29) is 5.54 Å². The minimum Gasteiger partial charge on any atom is -0.204 e. The van der Waals surface area contributed by atoms with Gasteiger partial charge in [-0.25, -0.2) is 8.78 Å². The quantitative estimate of drug-likeness (QED) is 0.553. The van der Waals surface area contributed by atoms with Crippen LogP contribution in [0.4, 0.5) is 8.78 Å². The monoisotopic (exact) mass is 233 g/mol. The summed E-state index contributed by atoms with van der Waals surface area (Å²) in [4.78, 5) is 0. The van der Waals surface area contributed by atoms with Gasteiger partial charge in [-0.15, -0.1) is 11.6 Å². The van der Waals surface area contributed by atoms with Crippen LogP contribution in [0.25, 0.3) is 0 Å². The highest BCUT2D eigenvalue weighted by atomic mass is 35.5. The highest BCUT2D eigenvalue weighted by Gasteiger charge is 2.17. The Labute approximate surface area is 89.5 Å². The van der Waals surface area contributed by atoms with E-state index in [1.807, 2.05) is 0 Å². The third kappa shape index (κ3) is 2.55. The highest BCUT2D eigenvalue weighted by Crippen LogP contribution is 2.22. The second kappa shape index (κ2) is 4.89. The Hall–Kier alpha value is -0.413. The van der Waals surface area contributed by atoms with Crippen molar-refractivity contribution in [1.29, 1.82) is 0 Å². The molecule has 1 aromatic carbocycles. The fourth-order valence-electron chi connectivity index (χ4n) is 1.31. The van der Waals surface area contributed by atoms with E-state index in [9.17, 15) is 8.78 Å². The van der Waals surface area contributed by atoms with Gasteiger partial charge in [-0.3, -0.25) is 0 Å². The zero-order valence-corrected chi connectivity index (χ0v) is 9.91. The molecule has 1 aromatic rings. The van der Waals surface area contributed by atoms with Gasteiger partial charge < -0.3 is 0 Å². The maximum absolute atomic E-state index is 12.9. The summed E-state index contributed by atoms with van der Waals surface area (Å²) in [5.74, 6) is -1.13. The molecule has 14 heavy (non-hydrogen) atoms. The molecule has 1 unspecified atom stereocenters. The lowest BCUT2D eigenvalue weighted by molar-refractivity contribution is 0.507. The Morgan fingerprint density at radius 3 is 2.36 bits per heavy atom. The maximum Gasteiger partial charge on any atom is 0.159 e. The molecule has 0 saturated carbocycles. The third-order valence-electron chi connectivity index (χ3n) is 2.20. The first-order valence-electron chi connectivity index (χ1n) is 4.37. The molecule has 1 radical (unpaired) electrons. The number of alkyl halides is 1. The molecule has 1 rings (SSSR count). The zero-order valence-electron chi connectivity index (χ0n) is 8.15. The van der Waals surface area contributed by atoms with Crippen molar-refractivity contribution in [3.63, 3.8) is 0 Å². The number of rotatable bonds is 3. The van der Waals surface area contributed by atoms with Crippen LogP contribution in [0, 0.1) is 11.6 Å². The summed E-state index contributed by atoms with van der Waals surface area (Å²) < 4.78 is 25.6. The molecule has 0 aromatic heterocycles. The zero-order chi connectivity index (χ0) is 10.7. The normalized spacial score (nSPS) is 13.3. The van der Waals surface area contributed by atoms with Gasteiger partial charge in [0.2, 0.25) is 0 Å². The summed E-state index contributed by atoms with van der Waals surface area (Å²) in [6.45, 7) is 4.22. The first-order valence-corrected chi connectivity index (χ1v) is 7.48. The average Bonchev–Trinajstić information content (AvgIpc) is 2.11. The molecule has 0 bridgehead atoms. The predicted octanol–water partition coefficient (Wildman–Crippen LogP) is 3.58. The summed E-state index contributed by atoms with van der Waals surface area (Å²) >= 11 is 5.80. The van der Waals surface area contributed by atoms with Gasteiger partial charge in [0.1, 0.15) is 0 Å². The Morgan fingerprint density at radius 2 is 1.93 bits per heavy atom. The van der Waals surface area contributed by atoms with Gasteiger partial charge in [0, 0.05) is 5.88 Å². The number of hydrogen-bond acceptors (Lipinski definition) is 0. The predicted molar refractivity (Wildman–Crippen MR) is 57.3 cm³/mol. The van der Waals surface area contributed by atoms with Crippen molar-refractivity contribution in [2.45, 2.75) is 18.6 Å². The molecule has 0 saturated heterocycles. The van der Waals surface area contributed by atoms with Gasteiger partial charge in [0.15, 0.2) is 11.6 Å². The van der Waals surface area contributed by atoms with Crippen LogP contribution in [0.5, 0.6) is 0 Å². The van der Waals surface area contributed by atoms with E-state index in [4.69, 9.17) is 11.6 Å². The fraction of sp³-hybridized carbons (Fsp3) is 0.400. The molecule has 0 aliphatic heterocycles. The van der Waals surface area contributed by atoms with Crippen molar-refractivity contribution in [2.24, 2.45) is 0 Å². The molecular weight excluding hydrogens is 222 g/mol. The largest absolute Gasteiger partial charge is 0.204 e. The molecule has 0 heterocycles. The van der Waals surface area contributed by atoms with Gasteiger partial charge >= 0.3 is 0 Å². The minimum atomic E-state index is -0.803. The summed E-state index contributed by atoms with van der Waals surface area (Å²) in [6.07, 6.45) is 0. The van der Waals surface area contributed by atoms with Gasteiger partial charge in [-0.2, -0.15) is 0 Å². The van der Waals surface area contributed by atoms with Crippen molar-refractivity contribution in [2.75, 3.05) is 5.88 Å². The van der Waals surface area contributed by atoms with Crippen LogP contribution in [0.2, 0.25) is 13.1 Å². The Bertz CT molecular complexity index is 315. The SMILES string of the molecule is C[Si](C)C(CCl)c1ccc(F)c(F)c1. The first kappa shape index (κ1) is 11.7. The molecule has 0 fully saturated rings. The van der Waals surface area contributed by atoms with Gasteiger partial charge in [0.25, 0.3) is 0 Å². The van der Waals surface area contributed by atoms with Crippen LogP contribution in [-0.4, -0.2) is 14.7 Å². The van der Waals surface area contributed by atoms with Crippen molar-refractivity contribution in [3.8, 4) is 0 Å². The van der Waals surface area contributed by atoms with Gasteiger partial charge in [-0.1, -0.05) is 19.2 Å². The van der Waals surface area contributed by atoms with Crippen LogP contribution in [0.15, 0.2) is 18.2 Å². The van der Waals surface area contributed by atoms with Crippen LogP contribution >= 0.6 is 11.6 Å². The van der Waals surface area contributed by atoms with E-state index in [0.29, 0.717) is 5.88 Å². The first-order chi connectivity index (χ1) is 6.56. The van der Waals surface area contributed by atoms with Gasteiger partial charge in [-0.05, 0) is 23.2 Å². The molecule has 0 N–H and O–H groups in total. The van der Waals surface area contributed by atoms with E-state index in [1.165, 1.54) is 6.07 Å². The van der Waals surface area contributed by atoms with Crippen LogP contribution < -0.4 is 0 Å². The van der Waals surface area contributed by atoms with Gasteiger partial charge in [0.05, 0.1) is 8.80 Å². The van der Waals surface area contributed by atoms with Crippen LogP contribution in [0.1, 0.15) is 11.1 Å². The second-order valence-corrected chi connectivity index (χ2v) is 6.62. The summed E-state index contributed by atoms with van der Waals surface area (Å²) in [5.41, 5.74) is 0.981. The lowest BCUT2D eigenvalue weighted by Crippen LogP contribution is -2.17. The number of benzene rings is 1. The number of hydrogen-bond donors (Lipinski definition) is 0. The van der Waals surface area contributed by atoms with Crippen molar-refractivity contribution in [3.05, 3.63) is 35.4 Å². The average molecular weight is 234 g/mol. The van der Waals surface area contributed by atoms with E-state index in [1.54, 1.807) is 6.07 Å². The second-order valence-electron chi connectivity index (χ2n) is 3.46. The standard InChI is InChI=1S/C10H12ClF2Si/c1-14(2)10(6-11)7-3-4-8(12)9(13)5-7/h3-5,10H,6H2,1-2H3.